The van der Waals surface area contributed by atoms with Crippen molar-refractivity contribution in [2.45, 2.75) is 6.54 Å². The predicted octanol–water partition coefficient (Wildman–Crippen LogP) is -0.425. The van der Waals surface area contributed by atoms with Gasteiger partial charge in [-0.3, -0.25) is 14.2 Å². The maximum absolute atomic E-state index is 11.3. The summed E-state index contributed by atoms with van der Waals surface area (Å²) in [5.74, 6) is -2.22. The fourth-order valence-electron chi connectivity index (χ4n) is 1.81. The van der Waals surface area contributed by atoms with Crippen molar-refractivity contribution >= 4 is 22.9 Å². The zero-order valence-corrected chi connectivity index (χ0v) is 10.5. The van der Waals surface area contributed by atoms with Gasteiger partial charge in [0.15, 0.2) is 5.58 Å². The van der Waals surface area contributed by atoms with E-state index in [1.807, 2.05) is 0 Å². The smallest absolute Gasteiger partial charge is 0.408 e. The van der Waals surface area contributed by atoms with Gasteiger partial charge < -0.3 is 15.1 Å². The molecule has 0 spiro atoms. The van der Waals surface area contributed by atoms with Gasteiger partial charge in [-0.15, -0.1) is 0 Å². The number of benzene rings is 1. The molecule has 7 nitrogen and oxygen atoms in total. The number of carbonyl (C=O) groups excluding carboxylic acids is 2. The number of amides is 2. The van der Waals surface area contributed by atoms with E-state index < -0.39 is 17.6 Å². The average Bonchev–Trinajstić information content (AvgIpc) is 2.63. The lowest BCUT2D eigenvalue weighted by atomic mass is 10.2. The maximum atomic E-state index is 11.3. The summed E-state index contributed by atoms with van der Waals surface area (Å²) in [6.07, 6.45) is 0. The Labute approximate surface area is 108 Å². The first-order valence-electron chi connectivity index (χ1n) is 5.53. The van der Waals surface area contributed by atoms with E-state index in [2.05, 4.69) is 0 Å². The van der Waals surface area contributed by atoms with Crippen LogP contribution < -0.4 is 11.5 Å². The van der Waals surface area contributed by atoms with Crippen molar-refractivity contribution in [2.24, 2.45) is 12.8 Å². The van der Waals surface area contributed by atoms with Crippen LogP contribution in [0.1, 0.15) is 5.56 Å². The first-order chi connectivity index (χ1) is 8.90. The van der Waals surface area contributed by atoms with Gasteiger partial charge in [0.25, 0.3) is 0 Å². The molecule has 2 N–H and O–H groups in total. The van der Waals surface area contributed by atoms with Crippen LogP contribution in [-0.4, -0.2) is 28.3 Å². The van der Waals surface area contributed by atoms with E-state index in [1.165, 1.54) is 16.5 Å². The second-order valence-corrected chi connectivity index (χ2v) is 4.25. The molecule has 0 bridgehead atoms. The first-order valence-corrected chi connectivity index (χ1v) is 5.53. The van der Waals surface area contributed by atoms with Crippen molar-refractivity contribution < 1.29 is 14.0 Å². The van der Waals surface area contributed by atoms with E-state index in [1.54, 1.807) is 25.2 Å². The van der Waals surface area contributed by atoms with Gasteiger partial charge in [0, 0.05) is 20.6 Å². The molecule has 0 aliphatic carbocycles. The molecule has 2 amide bonds. The number of hydrogen-bond donors (Lipinski definition) is 1. The summed E-state index contributed by atoms with van der Waals surface area (Å²) in [5.41, 5.74) is 6.75. The molecule has 2 aromatic rings. The van der Waals surface area contributed by atoms with Gasteiger partial charge in [-0.2, -0.15) is 0 Å². The number of nitrogens with two attached hydrogens (primary N) is 1. The van der Waals surface area contributed by atoms with Crippen molar-refractivity contribution in [3.8, 4) is 0 Å². The Morgan fingerprint density at radius 3 is 2.74 bits per heavy atom. The van der Waals surface area contributed by atoms with Crippen molar-refractivity contribution in [1.29, 1.82) is 0 Å². The van der Waals surface area contributed by atoms with Gasteiger partial charge in [-0.05, 0) is 17.7 Å². The van der Waals surface area contributed by atoms with Crippen molar-refractivity contribution in [3.05, 3.63) is 34.3 Å². The monoisotopic (exact) mass is 263 g/mol. The largest absolute Gasteiger partial charge is 0.419 e. The van der Waals surface area contributed by atoms with Crippen LogP contribution in [0.25, 0.3) is 11.1 Å². The molecule has 0 atom stereocenters. The summed E-state index contributed by atoms with van der Waals surface area (Å²) in [6, 6.07) is 5.13. The van der Waals surface area contributed by atoms with Crippen molar-refractivity contribution in [2.75, 3.05) is 7.05 Å². The Morgan fingerprint density at radius 1 is 1.42 bits per heavy atom. The van der Waals surface area contributed by atoms with Gasteiger partial charge >= 0.3 is 17.6 Å². The van der Waals surface area contributed by atoms with E-state index in [0.717, 1.165) is 5.56 Å². The molecule has 1 heterocycles. The highest BCUT2D eigenvalue weighted by molar-refractivity contribution is 6.34. The highest BCUT2D eigenvalue weighted by Gasteiger charge is 2.15. The maximum Gasteiger partial charge on any atom is 0.419 e. The van der Waals surface area contributed by atoms with E-state index in [9.17, 15) is 14.4 Å². The average molecular weight is 263 g/mol. The SMILES string of the molecule is CN(Cc1ccc2c(c1)oc(=O)n2C)C(=O)C(N)=O. The number of carbonyl (C=O) groups is 2. The number of aromatic nitrogens is 1. The van der Waals surface area contributed by atoms with Crippen LogP contribution in [0.3, 0.4) is 0 Å². The van der Waals surface area contributed by atoms with Crippen LogP contribution in [0, 0.1) is 0 Å². The van der Waals surface area contributed by atoms with Gasteiger partial charge in [-0.25, -0.2) is 4.79 Å². The third kappa shape index (κ3) is 2.35. The Bertz CT molecular complexity index is 713. The third-order valence-electron chi connectivity index (χ3n) is 2.83. The summed E-state index contributed by atoms with van der Waals surface area (Å²) >= 11 is 0. The van der Waals surface area contributed by atoms with Crippen molar-refractivity contribution in [1.82, 2.24) is 9.47 Å². The Hall–Kier alpha value is -2.57. The van der Waals surface area contributed by atoms with Crippen LogP contribution in [0.2, 0.25) is 0 Å². The number of aryl methyl sites for hydroxylation is 1. The molecule has 0 unspecified atom stereocenters. The lowest BCUT2D eigenvalue weighted by molar-refractivity contribution is -0.143. The molecule has 0 aliphatic heterocycles. The minimum absolute atomic E-state index is 0.205. The Kier molecular flexibility index (Phi) is 3.12. The standard InChI is InChI=1S/C12H13N3O4/c1-14(11(17)10(13)16)6-7-3-4-8-9(5-7)19-12(18)15(8)2/h3-5H,6H2,1-2H3,(H2,13,16). The summed E-state index contributed by atoms with van der Waals surface area (Å²) in [7, 11) is 3.08. The lowest BCUT2D eigenvalue weighted by Crippen LogP contribution is -2.37. The molecule has 0 saturated carbocycles. The molecule has 0 saturated heterocycles. The predicted molar refractivity (Wildman–Crippen MR) is 67.1 cm³/mol. The molecule has 2 rings (SSSR count). The second-order valence-electron chi connectivity index (χ2n) is 4.25. The van der Waals surface area contributed by atoms with E-state index in [0.29, 0.717) is 11.1 Å². The molecule has 1 aromatic carbocycles. The number of hydrogen-bond acceptors (Lipinski definition) is 4. The van der Waals surface area contributed by atoms with Crippen LogP contribution in [0.4, 0.5) is 0 Å². The highest BCUT2D eigenvalue weighted by Crippen LogP contribution is 2.15. The number of rotatable bonds is 2. The minimum Gasteiger partial charge on any atom is -0.408 e. The van der Waals surface area contributed by atoms with Crippen LogP contribution in [0.15, 0.2) is 27.4 Å². The van der Waals surface area contributed by atoms with Gasteiger partial charge in [0.2, 0.25) is 0 Å². The number of oxazole rings is 1. The van der Waals surface area contributed by atoms with Gasteiger partial charge in [0.05, 0.1) is 5.52 Å². The highest BCUT2D eigenvalue weighted by atomic mass is 16.4. The Balaban J connectivity index is 2.29. The molecular formula is C12H13N3O4. The van der Waals surface area contributed by atoms with Crippen molar-refractivity contribution in [3.63, 3.8) is 0 Å². The normalized spacial score (nSPS) is 10.6. The summed E-state index contributed by atoms with van der Waals surface area (Å²) < 4.78 is 6.43. The molecule has 100 valence electrons. The molecule has 19 heavy (non-hydrogen) atoms. The van der Waals surface area contributed by atoms with Gasteiger partial charge in [-0.1, -0.05) is 6.07 Å². The fraction of sp³-hybridized carbons (Fsp3) is 0.250. The zero-order valence-electron chi connectivity index (χ0n) is 10.5. The van der Waals surface area contributed by atoms with Crippen LogP contribution in [-0.2, 0) is 23.2 Å². The fourth-order valence-corrected chi connectivity index (χ4v) is 1.81. The molecule has 0 aliphatic rings. The van der Waals surface area contributed by atoms with E-state index in [4.69, 9.17) is 10.2 Å². The first kappa shape index (κ1) is 12.9. The molecule has 0 radical (unpaired) electrons. The summed E-state index contributed by atoms with van der Waals surface area (Å²) in [4.78, 5) is 34.6. The number of likely N-dealkylation sites (N-methyl/N-ethyl adjacent to an activating group) is 1. The second kappa shape index (κ2) is 4.60. The lowest BCUT2D eigenvalue weighted by Gasteiger charge is -2.14. The van der Waals surface area contributed by atoms with Crippen LogP contribution >= 0.6 is 0 Å². The summed E-state index contributed by atoms with van der Waals surface area (Å²) in [6.45, 7) is 0.205. The molecule has 7 heteroatoms. The topological polar surface area (TPSA) is 98.5 Å². The van der Waals surface area contributed by atoms with Crippen LogP contribution in [0.5, 0.6) is 0 Å². The molecular weight excluding hydrogens is 250 g/mol. The molecule has 1 aromatic heterocycles. The Morgan fingerprint density at radius 2 is 2.11 bits per heavy atom. The minimum atomic E-state index is -1.00. The zero-order chi connectivity index (χ0) is 14.2. The van der Waals surface area contributed by atoms with E-state index >= 15 is 0 Å². The number of nitrogens with zero attached hydrogens (tertiary/aromatic N) is 2. The van der Waals surface area contributed by atoms with Gasteiger partial charge in [0.1, 0.15) is 0 Å². The third-order valence-corrected chi connectivity index (χ3v) is 2.83. The molecule has 0 fully saturated rings. The number of fused-ring (bicyclic) bond motifs is 1. The number of primary amides is 1. The quantitative estimate of drug-likeness (QED) is 0.743. The van der Waals surface area contributed by atoms with E-state index in [-0.39, 0.29) is 6.54 Å². The summed E-state index contributed by atoms with van der Waals surface area (Å²) in [5, 5.41) is 0.